The lowest BCUT2D eigenvalue weighted by atomic mass is 10.2. The number of rotatable bonds is 8. The molecule has 0 saturated heterocycles. The summed E-state index contributed by atoms with van der Waals surface area (Å²) >= 11 is 2.89. The summed E-state index contributed by atoms with van der Waals surface area (Å²) in [5, 5.41) is 7.53. The van der Waals surface area contributed by atoms with E-state index in [4.69, 9.17) is 0 Å². The number of amides is 3. The molecule has 1 aliphatic rings. The Kier molecular flexibility index (Phi) is 8.01. The molecule has 0 atom stereocenters. The predicted molar refractivity (Wildman–Crippen MR) is 154 cm³/mol. The molecular formula is C30H25N3O3S2. The normalized spacial score (nSPS) is 12.6. The minimum atomic E-state index is -0.436. The zero-order chi connectivity index (χ0) is 26.3. The molecule has 3 amide bonds. The van der Waals surface area contributed by atoms with Crippen molar-refractivity contribution in [2.45, 2.75) is 11.3 Å². The summed E-state index contributed by atoms with van der Waals surface area (Å²) in [4.78, 5) is 42.4. The third-order valence-electron chi connectivity index (χ3n) is 6.00. The molecule has 6 nitrogen and oxygen atoms in total. The second-order valence-electron chi connectivity index (χ2n) is 8.59. The van der Waals surface area contributed by atoms with Crippen molar-refractivity contribution in [3.8, 4) is 0 Å². The highest BCUT2D eigenvalue weighted by atomic mass is 32.2. The zero-order valence-corrected chi connectivity index (χ0v) is 22.1. The fourth-order valence-corrected chi connectivity index (χ4v) is 5.63. The molecule has 2 N–H and O–H groups in total. The molecule has 38 heavy (non-hydrogen) atoms. The topological polar surface area (TPSA) is 78.5 Å². The highest BCUT2D eigenvalue weighted by Gasteiger charge is 2.24. The molecule has 8 heteroatoms. The lowest BCUT2D eigenvalue weighted by molar-refractivity contribution is -0.116. The third kappa shape index (κ3) is 6.22. The van der Waals surface area contributed by atoms with E-state index in [2.05, 4.69) is 16.7 Å². The summed E-state index contributed by atoms with van der Waals surface area (Å²) in [7, 11) is 0. The average Bonchev–Trinajstić information content (AvgIpc) is 3.62. The van der Waals surface area contributed by atoms with Gasteiger partial charge in [-0.3, -0.25) is 14.4 Å². The number of anilines is 2. The first-order chi connectivity index (χ1) is 18.6. The number of hydrogen-bond donors (Lipinski definition) is 2. The van der Waals surface area contributed by atoms with Crippen LogP contribution < -0.4 is 15.5 Å². The molecule has 1 aromatic heterocycles. The number of thioether (sulfide) groups is 1. The third-order valence-corrected chi connectivity index (χ3v) is 7.80. The molecule has 0 spiro atoms. The van der Waals surface area contributed by atoms with Crippen LogP contribution in [0.4, 0.5) is 11.4 Å². The van der Waals surface area contributed by atoms with E-state index in [1.54, 1.807) is 36.4 Å². The number of nitrogens with one attached hydrogen (secondary N) is 2. The van der Waals surface area contributed by atoms with Crippen LogP contribution in [0.2, 0.25) is 0 Å². The van der Waals surface area contributed by atoms with Crippen LogP contribution in [0.1, 0.15) is 20.8 Å². The van der Waals surface area contributed by atoms with E-state index < -0.39 is 5.91 Å². The fraction of sp³-hybridized carbons (Fsp3) is 0.100. The highest BCUT2D eigenvalue weighted by molar-refractivity contribution is 8.00. The van der Waals surface area contributed by atoms with Crippen molar-refractivity contribution in [2.75, 3.05) is 22.5 Å². The molecule has 5 rings (SSSR count). The SMILES string of the molecule is O=C(Nc1cccc(SCC(=O)N2CCc3ccccc32)c1)/C(=C/c1cccs1)NC(=O)c1ccccc1. The standard InChI is InChI=1S/C30H25N3O3S2/c34-28(33-16-15-21-8-4-5-14-27(21)33)20-38-24-12-6-11-23(18-24)31-30(36)26(19-25-13-7-17-37-25)32-29(35)22-9-2-1-3-10-22/h1-14,17-19H,15-16,20H2,(H,31,36)(H,32,35)/b26-19-. The number of thiophene rings is 1. The minimum absolute atomic E-state index is 0.0548. The maximum Gasteiger partial charge on any atom is 0.272 e. The number of nitrogens with zero attached hydrogens (tertiary/aromatic N) is 1. The first kappa shape index (κ1) is 25.5. The van der Waals surface area contributed by atoms with Gasteiger partial charge in [0, 0.05) is 33.3 Å². The predicted octanol–water partition coefficient (Wildman–Crippen LogP) is 5.84. The van der Waals surface area contributed by atoms with Crippen LogP contribution in [0.25, 0.3) is 6.08 Å². The zero-order valence-electron chi connectivity index (χ0n) is 20.4. The molecular weight excluding hydrogens is 514 g/mol. The molecule has 4 aromatic rings. The molecule has 3 aromatic carbocycles. The lowest BCUT2D eigenvalue weighted by Gasteiger charge is -2.17. The minimum Gasteiger partial charge on any atom is -0.321 e. The quantitative estimate of drug-likeness (QED) is 0.218. The summed E-state index contributed by atoms with van der Waals surface area (Å²) < 4.78 is 0. The van der Waals surface area contributed by atoms with Crippen molar-refractivity contribution in [1.29, 1.82) is 0 Å². The number of fused-ring (bicyclic) bond motifs is 1. The van der Waals surface area contributed by atoms with E-state index in [1.807, 2.05) is 64.9 Å². The molecule has 0 unspecified atom stereocenters. The Hall–Kier alpha value is -4.14. The highest BCUT2D eigenvalue weighted by Crippen LogP contribution is 2.29. The van der Waals surface area contributed by atoms with Crippen molar-refractivity contribution in [1.82, 2.24) is 5.32 Å². The van der Waals surface area contributed by atoms with Crippen molar-refractivity contribution in [3.05, 3.63) is 118 Å². The van der Waals surface area contributed by atoms with Crippen LogP contribution in [-0.4, -0.2) is 30.0 Å². The van der Waals surface area contributed by atoms with Gasteiger partial charge >= 0.3 is 0 Å². The first-order valence-electron chi connectivity index (χ1n) is 12.1. The van der Waals surface area contributed by atoms with E-state index in [-0.39, 0.29) is 17.5 Å². The van der Waals surface area contributed by atoms with Gasteiger partial charge in [-0.05, 0) is 65.9 Å². The Morgan fingerprint density at radius 3 is 2.55 bits per heavy atom. The van der Waals surface area contributed by atoms with Gasteiger partial charge < -0.3 is 15.5 Å². The fourth-order valence-electron chi connectivity index (χ4n) is 4.14. The van der Waals surface area contributed by atoms with Gasteiger partial charge in [-0.15, -0.1) is 23.1 Å². The maximum atomic E-state index is 13.2. The van der Waals surface area contributed by atoms with Crippen LogP contribution in [0, 0.1) is 0 Å². The molecule has 0 aliphatic carbocycles. The van der Waals surface area contributed by atoms with Gasteiger partial charge in [-0.1, -0.05) is 48.5 Å². The molecule has 2 heterocycles. The largest absolute Gasteiger partial charge is 0.321 e. The second kappa shape index (κ2) is 11.9. The number of benzene rings is 3. The summed E-state index contributed by atoms with van der Waals surface area (Å²) in [6, 6.07) is 27.9. The molecule has 0 saturated carbocycles. The Balaban J connectivity index is 1.25. The summed E-state index contributed by atoms with van der Waals surface area (Å²) in [5.74, 6) is -0.453. The second-order valence-corrected chi connectivity index (χ2v) is 10.6. The Morgan fingerprint density at radius 1 is 0.921 bits per heavy atom. The monoisotopic (exact) mass is 539 g/mol. The molecule has 0 bridgehead atoms. The van der Waals surface area contributed by atoms with E-state index in [1.165, 1.54) is 28.7 Å². The van der Waals surface area contributed by atoms with Gasteiger partial charge in [0.05, 0.1) is 5.75 Å². The number of para-hydroxylation sites is 1. The van der Waals surface area contributed by atoms with Gasteiger partial charge in [0.1, 0.15) is 5.70 Å². The lowest BCUT2D eigenvalue weighted by Crippen LogP contribution is -2.30. The Bertz CT molecular complexity index is 1480. The van der Waals surface area contributed by atoms with Crippen LogP contribution in [-0.2, 0) is 16.0 Å². The van der Waals surface area contributed by atoms with E-state index in [0.29, 0.717) is 23.5 Å². The number of carbonyl (C=O) groups excluding carboxylic acids is 3. The van der Waals surface area contributed by atoms with Gasteiger partial charge in [-0.25, -0.2) is 0 Å². The summed E-state index contributed by atoms with van der Waals surface area (Å²) in [6.07, 6.45) is 2.53. The maximum absolute atomic E-state index is 13.2. The van der Waals surface area contributed by atoms with Crippen LogP contribution >= 0.6 is 23.1 Å². The van der Waals surface area contributed by atoms with Crippen molar-refractivity contribution in [3.63, 3.8) is 0 Å². The molecule has 190 valence electrons. The van der Waals surface area contributed by atoms with Crippen LogP contribution in [0.15, 0.2) is 107 Å². The van der Waals surface area contributed by atoms with E-state index >= 15 is 0 Å². The van der Waals surface area contributed by atoms with Crippen LogP contribution in [0.3, 0.4) is 0 Å². The molecule has 1 aliphatic heterocycles. The Labute approximate surface area is 229 Å². The average molecular weight is 540 g/mol. The first-order valence-corrected chi connectivity index (χ1v) is 14.0. The van der Waals surface area contributed by atoms with Gasteiger partial charge in [-0.2, -0.15) is 0 Å². The summed E-state index contributed by atoms with van der Waals surface area (Å²) in [6.45, 7) is 0.697. The van der Waals surface area contributed by atoms with E-state index in [9.17, 15) is 14.4 Å². The van der Waals surface area contributed by atoms with Gasteiger partial charge in [0.15, 0.2) is 0 Å². The van der Waals surface area contributed by atoms with Crippen molar-refractivity contribution in [2.24, 2.45) is 0 Å². The van der Waals surface area contributed by atoms with Gasteiger partial charge in [0.25, 0.3) is 11.8 Å². The smallest absolute Gasteiger partial charge is 0.272 e. The van der Waals surface area contributed by atoms with Crippen molar-refractivity contribution >= 4 is 58.3 Å². The van der Waals surface area contributed by atoms with E-state index in [0.717, 1.165) is 21.9 Å². The van der Waals surface area contributed by atoms with Gasteiger partial charge in [0.2, 0.25) is 5.91 Å². The summed E-state index contributed by atoms with van der Waals surface area (Å²) in [5.41, 5.74) is 3.36. The number of carbonyl (C=O) groups is 3. The van der Waals surface area contributed by atoms with Crippen LogP contribution in [0.5, 0.6) is 0 Å². The number of hydrogen-bond acceptors (Lipinski definition) is 5. The molecule has 0 fully saturated rings. The van der Waals surface area contributed by atoms with Crippen molar-refractivity contribution < 1.29 is 14.4 Å². The molecule has 0 radical (unpaired) electrons. The Morgan fingerprint density at radius 2 is 1.74 bits per heavy atom.